The number of rotatable bonds is 6. The maximum absolute atomic E-state index is 13.5. The molecule has 1 aromatic carbocycles. The summed E-state index contributed by atoms with van der Waals surface area (Å²) in [6.45, 7) is 2.45. The van der Waals surface area contributed by atoms with Crippen LogP contribution < -0.4 is 10.9 Å². The molecule has 4 aromatic rings. The Morgan fingerprint density at radius 2 is 1.97 bits per heavy atom. The van der Waals surface area contributed by atoms with Gasteiger partial charge in [-0.2, -0.15) is 0 Å². The molecule has 0 bridgehead atoms. The molecule has 1 N–H and O–H groups in total. The fourth-order valence-corrected chi connectivity index (χ4v) is 6.15. The van der Waals surface area contributed by atoms with E-state index in [4.69, 9.17) is 4.98 Å². The Hall–Kier alpha value is -2.71. The van der Waals surface area contributed by atoms with E-state index in [1.165, 1.54) is 47.9 Å². The highest BCUT2D eigenvalue weighted by atomic mass is 32.2. The summed E-state index contributed by atoms with van der Waals surface area (Å²) in [5.74, 6) is 0.239. The first-order chi connectivity index (χ1) is 16.1. The Kier molecular flexibility index (Phi) is 6.46. The predicted molar refractivity (Wildman–Crippen MR) is 135 cm³/mol. The van der Waals surface area contributed by atoms with Crippen LogP contribution in [0.25, 0.3) is 20.4 Å². The standard InChI is InChI=1S/C25H26N4O2S2/c1-16-9-11-17(12-10-16)14-29-24(31)22-21(19-8-5-13-26-23(19)33-22)28-25(29)32-15-20(30)27-18-6-3-2-4-7-18/h5,8-13,18H,2-4,6-7,14-15H2,1H3,(H,27,30). The fraction of sp³-hybridized carbons (Fsp3) is 0.360. The smallest absolute Gasteiger partial charge is 0.272 e. The van der Waals surface area contributed by atoms with Gasteiger partial charge in [0.15, 0.2) is 5.16 Å². The minimum absolute atomic E-state index is 0.0000230. The van der Waals surface area contributed by atoms with E-state index in [-0.39, 0.29) is 23.3 Å². The van der Waals surface area contributed by atoms with Gasteiger partial charge in [-0.15, -0.1) is 11.3 Å². The molecule has 6 nitrogen and oxygen atoms in total. The molecule has 1 aliphatic carbocycles. The third kappa shape index (κ3) is 4.82. The number of hydrogen-bond acceptors (Lipinski definition) is 6. The van der Waals surface area contributed by atoms with Crippen LogP contribution in [-0.2, 0) is 11.3 Å². The summed E-state index contributed by atoms with van der Waals surface area (Å²) in [6.07, 6.45) is 7.42. The number of thiophene rings is 1. The number of benzene rings is 1. The molecule has 0 radical (unpaired) electrons. The highest BCUT2D eigenvalue weighted by Gasteiger charge is 2.20. The van der Waals surface area contributed by atoms with E-state index < -0.39 is 0 Å². The van der Waals surface area contributed by atoms with E-state index in [9.17, 15) is 9.59 Å². The van der Waals surface area contributed by atoms with Gasteiger partial charge in [-0.25, -0.2) is 9.97 Å². The SMILES string of the molecule is Cc1ccc(Cn2c(SCC(=O)NC3CCCCC3)nc3c(sc4ncccc43)c2=O)cc1. The first-order valence-electron chi connectivity index (χ1n) is 11.3. The summed E-state index contributed by atoms with van der Waals surface area (Å²) >= 11 is 2.71. The van der Waals surface area contributed by atoms with E-state index in [1.54, 1.807) is 10.8 Å². The first kappa shape index (κ1) is 22.1. The normalized spacial score (nSPS) is 14.7. The van der Waals surface area contributed by atoms with Gasteiger partial charge in [0, 0.05) is 17.6 Å². The van der Waals surface area contributed by atoms with Gasteiger partial charge >= 0.3 is 0 Å². The van der Waals surface area contributed by atoms with E-state index in [0.717, 1.165) is 28.6 Å². The molecule has 3 heterocycles. The molecule has 0 spiro atoms. The zero-order chi connectivity index (χ0) is 22.8. The summed E-state index contributed by atoms with van der Waals surface area (Å²) in [5.41, 5.74) is 2.78. The van der Waals surface area contributed by atoms with Gasteiger partial charge in [-0.1, -0.05) is 60.9 Å². The Morgan fingerprint density at radius 3 is 2.76 bits per heavy atom. The van der Waals surface area contributed by atoms with Crippen LogP contribution in [0.4, 0.5) is 0 Å². The number of nitrogens with zero attached hydrogens (tertiary/aromatic N) is 3. The summed E-state index contributed by atoms with van der Waals surface area (Å²) < 4.78 is 2.30. The van der Waals surface area contributed by atoms with Gasteiger partial charge in [0.1, 0.15) is 9.53 Å². The van der Waals surface area contributed by atoms with E-state index in [0.29, 0.717) is 21.9 Å². The van der Waals surface area contributed by atoms with E-state index in [2.05, 4.69) is 10.3 Å². The number of carbonyl (C=O) groups excluding carboxylic acids is 1. The summed E-state index contributed by atoms with van der Waals surface area (Å²) in [7, 11) is 0. The number of hydrogen-bond donors (Lipinski definition) is 1. The number of carbonyl (C=O) groups is 1. The van der Waals surface area contributed by atoms with Gasteiger partial charge < -0.3 is 5.32 Å². The second-order valence-corrected chi connectivity index (χ2v) is 10.5. The molecule has 8 heteroatoms. The van der Waals surface area contributed by atoms with Crippen molar-refractivity contribution in [3.05, 3.63) is 64.1 Å². The lowest BCUT2D eigenvalue weighted by atomic mass is 9.95. The molecule has 3 aromatic heterocycles. The molecule has 1 saturated carbocycles. The Balaban J connectivity index is 1.48. The highest BCUT2D eigenvalue weighted by Crippen LogP contribution is 2.30. The molecule has 0 atom stereocenters. The average Bonchev–Trinajstić information content (AvgIpc) is 3.21. The lowest BCUT2D eigenvalue weighted by Crippen LogP contribution is -2.37. The minimum atomic E-state index is -0.0845. The van der Waals surface area contributed by atoms with Crippen LogP contribution in [0.15, 0.2) is 52.5 Å². The topological polar surface area (TPSA) is 76.9 Å². The van der Waals surface area contributed by atoms with Crippen LogP contribution >= 0.6 is 23.1 Å². The lowest BCUT2D eigenvalue weighted by Gasteiger charge is -2.22. The van der Waals surface area contributed by atoms with Crippen LogP contribution in [0.2, 0.25) is 0 Å². The maximum atomic E-state index is 13.5. The Bertz CT molecular complexity index is 1350. The van der Waals surface area contributed by atoms with Crippen molar-refractivity contribution in [2.75, 3.05) is 5.75 Å². The number of pyridine rings is 1. The summed E-state index contributed by atoms with van der Waals surface area (Å²) in [6, 6.07) is 12.2. The number of amides is 1. The van der Waals surface area contributed by atoms with Gasteiger partial charge in [0.2, 0.25) is 5.91 Å². The number of thioether (sulfide) groups is 1. The second kappa shape index (κ2) is 9.65. The second-order valence-electron chi connectivity index (χ2n) is 8.60. The molecule has 0 unspecified atom stereocenters. The number of aromatic nitrogens is 3. The van der Waals surface area contributed by atoms with Crippen LogP contribution in [0, 0.1) is 6.92 Å². The van der Waals surface area contributed by atoms with Crippen molar-refractivity contribution >= 4 is 49.4 Å². The van der Waals surface area contributed by atoms with E-state index in [1.807, 2.05) is 43.3 Å². The molecule has 5 rings (SSSR count). The fourth-order valence-electron chi connectivity index (χ4n) is 4.31. The van der Waals surface area contributed by atoms with E-state index >= 15 is 0 Å². The molecular weight excluding hydrogens is 452 g/mol. The number of nitrogens with one attached hydrogen (secondary N) is 1. The molecule has 1 fully saturated rings. The zero-order valence-corrected chi connectivity index (χ0v) is 20.2. The third-order valence-corrected chi connectivity index (χ3v) is 8.15. The van der Waals surface area contributed by atoms with Crippen LogP contribution in [0.3, 0.4) is 0 Å². The first-order valence-corrected chi connectivity index (χ1v) is 13.1. The molecule has 1 aliphatic rings. The predicted octanol–water partition coefficient (Wildman–Crippen LogP) is 4.90. The monoisotopic (exact) mass is 478 g/mol. The minimum Gasteiger partial charge on any atom is -0.353 e. The Labute approximate surface area is 200 Å². The summed E-state index contributed by atoms with van der Waals surface area (Å²) in [4.78, 5) is 36.3. The number of fused-ring (bicyclic) bond motifs is 3. The van der Waals surface area contributed by atoms with Gasteiger partial charge in [-0.05, 0) is 37.5 Å². The number of aryl methyl sites for hydroxylation is 1. The van der Waals surface area contributed by atoms with Crippen molar-refractivity contribution in [1.82, 2.24) is 19.9 Å². The molecule has 0 aliphatic heterocycles. The molecule has 170 valence electrons. The average molecular weight is 479 g/mol. The van der Waals surface area contributed by atoms with Crippen molar-refractivity contribution in [3.8, 4) is 0 Å². The van der Waals surface area contributed by atoms with Gasteiger partial charge in [0.05, 0.1) is 17.8 Å². The zero-order valence-electron chi connectivity index (χ0n) is 18.5. The molecule has 0 saturated heterocycles. The van der Waals surface area contributed by atoms with Gasteiger partial charge in [0.25, 0.3) is 5.56 Å². The molecule has 1 amide bonds. The Morgan fingerprint density at radius 1 is 1.18 bits per heavy atom. The highest BCUT2D eigenvalue weighted by molar-refractivity contribution is 7.99. The van der Waals surface area contributed by atoms with Crippen molar-refractivity contribution < 1.29 is 4.79 Å². The molecule has 33 heavy (non-hydrogen) atoms. The van der Waals surface area contributed by atoms with Crippen molar-refractivity contribution in [2.45, 2.75) is 56.8 Å². The maximum Gasteiger partial charge on any atom is 0.272 e. The largest absolute Gasteiger partial charge is 0.353 e. The van der Waals surface area contributed by atoms with Crippen molar-refractivity contribution in [1.29, 1.82) is 0 Å². The van der Waals surface area contributed by atoms with Gasteiger partial charge in [-0.3, -0.25) is 14.2 Å². The lowest BCUT2D eigenvalue weighted by molar-refractivity contribution is -0.119. The van der Waals surface area contributed by atoms with Crippen LogP contribution in [0.1, 0.15) is 43.2 Å². The van der Waals surface area contributed by atoms with Crippen molar-refractivity contribution in [2.24, 2.45) is 0 Å². The third-order valence-electron chi connectivity index (χ3n) is 6.08. The van der Waals surface area contributed by atoms with Crippen LogP contribution in [0.5, 0.6) is 0 Å². The van der Waals surface area contributed by atoms with Crippen molar-refractivity contribution in [3.63, 3.8) is 0 Å². The quantitative estimate of drug-likeness (QED) is 0.315. The molecular formula is C25H26N4O2S2. The summed E-state index contributed by atoms with van der Waals surface area (Å²) in [5, 5.41) is 4.60. The van der Waals surface area contributed by atoms with Crippen LogP contribution in [-0.4, -0.2) is 32.2 Å².